The van der Waals surface area contributed by atoms with Gasteiger partial charge in [0.2, 0.25) is 0 Å². The molecule has 0 aliphatic rings. The summed E-state index contributed by atoms with van der Waals surface area (Å²) in [5.74, 6) is -1.59. The van der Waals surface area contributed by atoms with Gasteiger partial charge in [0.1, 0.15) is 23.4 Å². The zero-order valence-electron chi connectivity index (χ0n) is 18.5. The quantitative estimate of drug-likeness (QED) is 0.331. The van der Waals surface area contributed by atoms with Crippen molar-refractivity contribution in [3.8, 4) is 17.2 Å². The number of methoxy groups -OCH3 is 1. The molecule has 3 aromatic carbocycles. The van der Waals surface area contributed by atoms with Crippen molar-refractivity contribution in [1.29, 1.82) is 0 Å². The zero-order chi connectivity index (χ0) is 24.2. The van der Waals surface area contributed by atoms with Crippen LogP contribution in [0, 0.1) is 5.82 Å². The maximum absolute atomic E-state index is 13.3. The first kappa shape index (κ1) is 22.8. The van der Waals surface area contributed by atoms with Gasteiger partial charge in [0.25, 0.3) is 0 Å². The van der Waals surface area contributed by atoms with E-state index in [-0.39, 0.29) is 5.82 Å². The van der Waals surface area contributed by atoms with E-state index in [0.717, 1.165) is 10.9 Å². The first-order chi connectivity index (χ1) is 16.4. The SMILES string of the molecule is COc1cccc([C@@H](Oc2ccc3c(cnn3-c3ccc(F)cc3)c2)[C@H](C)OC(=O)C(N)=O)c1. The number of carbonyl (C=O) groups is 2. The number of rotatable bonds is 7. The van der Waals surface area contributed by atoms with E-state index in [1.54, 1.807) is 66.3 Å². The van der Waals surface area contributed by atoms with Gasteiger partial charge in [0.15, 0.2) is 6.10 Å². The van der Waals surface area contributed by atoms with Crippen LogP contribution >= 0.6 is 0 Å². The number of hydrogen-bond acceptors (Lipinski definition) is 6. The zero-order valence-corrected chi connectivity index (χ0v) is 18.5. The predicted octanol–water partition coefficient (Wildman–Crippen LogP) is 3.71. The average molecular weight is 463 g/mol. The average Bonchev–Trinajstić information content (AvgIpc) is 3.26. The summed E-state index contributed by atoms with van der Waals surface area (Å²) in [6, 6.07) is 18.5. The van der Waals surface area contributed by atoms with Crippen LogP contribution in [0.15, 0.2) is 72.9 Å². The molecule has 8 nitrogen and oxygen atoms in total. The summed E-state index contributed by atoms with van der Waals surface area (Å²) in [4.78, 5) is 23.0. The van der Waals surface area contributed by atoms with Crippen molar-refractivity contribution >= 4 is 22.8 Å². The molecule has 0 bridgehead atoms. The smallest absolute Gasteiger partial charge is 0.396 e. The van der Waals surface area contributed by atoms with Crippen LogP contribution < -0.4 is 15.2 Å². The number of esters is 1. The second-order valence-electron chi connectivity index (χ2n) is 7.54. The van der Waals surface area contributed by atoms with Gasteiger partial charge < -0.3 is 19.9 Å². The molecule has 1 amide bonds. The highest BCUT2D eigenvalue weighted by molar-refractivity contribution is 6.31. The highest BCUT2D eigenvalue weighted by Crippen LogP contribution is 2.31. The number of benzene rings is 3. The van der Waals surface area contributed by atoms with Gasteiger partial charge in [-0.05, 0) is 67.1 Å². The van der Waals surface area contributed by atoms with Crippen LogP contribution in [0.2, 0.25) is 0 Å². The molecule has 2 N–H and O–H groups in total. The summed E-state index contributed by atoms with van der Waals surface area (Å²) >= 11 is 0. The Morgan fingerprint density at radius 1 is 1.03 bits per heavy atom. The number of nitrogens with zero attached hydrogens (tertiary/aromatic N) is 2. The molecular formula is C25H22FN3O5. The van der Waals surface area contributed by atoms with Gasteiger partial charge in [-0.1, -0.05) is 12.1 Å². The Balaban J connectivity index is 1.66. The molecular weight excluding hydrogens is 441 g/mol. The van der Waals surface area contributed by atoms with Crippen LogP contribution in [0.4, 0.5) is 4.39 Å². The molecule has 4 aromatic rings. The third-order valence-electron chi connectivity index (χ3n) is 5.22. The van der Waals surface area contributed by atoms with E-state index in [9.17, 15) is 14.0 Å². The van der Waals surface area contributed by atoms with Gasteiger partial charge in [0, 0.05) is 5.39 Å². The second kappa shape index (κ2) is 9.62. The molecule has 0 saturated heterocycles. The minimum Gasteiger partial charge on any atom is -0.497 e. The number of hydrogen-bond donors (Lipinski definition) is 1. The number of nitrogens with two attached hydrogens (primary N) is 1. The Hall–Kier alpha value is -4.40. The Morgan fingerprint density at radius 2 is 1.79 bits per heavy atom. The van der Waals surface area contributed by atoms with Crippen LogP contribution in [0.1, 0.15) is 18.6 Å². The summed E-state index contributed by atoms with van der Waals surface area (Å²) < 4.78 is 31.7. The third kappa shape index (κ3) is 4.83. The van der Waals surface area contributed by atoms with E-state index in [1.807, 2.05) is 6.07 Å². The maximum atomic E-state index is 13.3. The topological polar surface area (TPSA) is 106 Å². The number of amides is 1. The molecule has 0 radical (unpaired) electrons. The Kier molecular flexibility index (Phi) is 6.44. The van der Waals surface area contributed by atoms with Crippen molar-refractivity contribution in [2.24, 2.45) is 5.73 Å². The maximum Gasteiger partial charge on any atom is 0.396 e. The van der Waals surface area contributed by atoms with E-state index >= 15 is 0 Å². The molecule has 0 aliphatic carbocycles. The molecule has 174 valence electrons. The van der Waals surface area contributed by atoms with Crippen molar-refractivity contribution in [3.05, 3.63) is 84.3 Å². The summed E-state index contributed by atoms with van der Waals surface area (Å²) in [6.45, 7) is 1.61. The van der Waals surface area contributed by atoms with Crippen LogP contribution in [-0.2, 0) is 14.3 Å². The van der Waals surface area contributed by atoms with E-state index < -0.39 is 24.1 Å². The molecule has 1 aromatic heterocycles. The number of ether oxygens (including phenoxy) is 3. The summed E-state index contributed by atoms with van der Waals surface area (Å²) in [5, 5.41) is 5.18. The van der Waals surface area contributed by atoms with Crippen molar-refractivity contribution in [3.63, 3.8) is 0 Å². The van der Waals surface area contributed by atoms with E-state index in [4.69, 9.17) is 19.9 Å². The summed E-state index contributed by atoms with van der Waals surface area (Å²) in [5.41, 5.74) is 7.22. The number of primary amides is 1. The Morgan fingerprint density at radius 3 is 2.50 bits per heavy atom. The molecule has 9 heteroatoms. The van der Waals surface area contributed by atoms with Crippen molar-refractivity contribution in [2.45, 2.75) is 19.1 Å². The molecule has 4 rings (SSSR count). The first-order valence-corrected chi connectivity index (χ1v) is 10.4. The number of carbonyl (C=O) groups excluding carboxylic acids is 2. The largest absolute Gasteiger partial charge is 0.497 e. The van der Waals surface area contributed by atoms with Crippen molar-refractivity contribution in [2.75, 3.05) is 7.11 Å². The number of halogens is 1. The lowest BCUT2D eigenvalue weighted by molar-refractivity contribution is -0.160. The first-order valence-electron chi connectivity index (χ1n) is 10.4. The predicted molar refractivity (Wildman–Crippen MR) is 122 cm³/mol. The van der Waals surface area contributed by atoms with Crippen LogP contribution in [0.25, 0.3) is 16.6 Å². The fourth-order valence-corrected chi connectivity index (χ4v) is 3.56. The van der Waals surface area contributed by atoms with Gasteiger partial charge in [-0.15, -0.1) is 0 Å². The highest BCUT2D eigenvalue weighted by Gasteiger charge is 2.27. The lowest BCUT2D eigenvalue weighted by atomic mass is 10.0. The fraction of sp³-hybridized carbons (Fsp3) is 0.160. The fourth-order valence-electron chi connectivity index (χ4n) is 3.56. The lowest BCUT2D eigenvalue weighted by Crippen LogP contribution is -2.33. The standard InChI is InChI=1S/C25H22FN3O5/c1-15(33-25(31)24(27)30)23(16-4-3-5-20(12-16)32-2)34-21-10-11-22-17(13-21)14-28-29(22)19-8-6-18(26)7-9-19/h3-15,23H,1-2H3,(H2,27,30)/t15-,23-/m0/s1. The minimum atomic E-state index is -1.19. The molecule has 2 atom stereocenters. The number of fused-ring (bicyclic) bond motifs is 1. The normalized spacial score (nSPS) is 12.7. The molecule has 0 aliphatic heterocycles. The molecule has 0 fully saturated rings. The Bertz CT molecular complexity index is 1340. The van der Waals surface area contributed by atoms with Crippen molar-refractivity contribution < 1.29 is 28.2 Å². The molecule has 0 spiro atoms. The highest BCUT2D eigenvalue weighted by atomic mass is 19.1. The van der Waals surface area contributed by atoms with Gasteiger partial charge >= 0.3 is 11.9 Å². The van der Waals surface area contributed by atoms with Crippen molar-refractivity contribution in [1.82, 2.24) is 9.78 Å². The van der Waals surface area contributed by atoms with Crippen LogP contribution in [0.5, 0.6) is 11.5 Å². The molecule has 0 saturated carbocycles. The summed E-state index contributed by atoms with van der Waals surface area (Å²) in [6.07, 6.45) is 0.0653. The second-order valence-corrected chi connectivity index (χ2v) is 7.54. The van der Waals surface area contributed by atoms with E-state index in [1.165, 1.54) is 19.2 Å². The lowest BCUT2D eigenvalue weighted by Gasteiger charge is -2.25. The van der Waals surface area contributed by atoms with Gasteiger partial charge in [-0.2, -0.15) is 5.10 Å². The monoisotopic (exact) mass is 463 g/mol. The minimum absolute atomic E-state index is 0.328. The van der Waals surface area contributed by atoms with Crippen LogP contribution in [0.3, 0.4) is 0 Å². The summed E-state index contributed by atoms with van der Waals surface area (Å²) in [7, 11) is 1.54. The van der Waals surface area contributed by atoms with Gasteiger partial charge in [-0.25, -0.2) is 13.9 Å². The molecule has 1 heterocycles. The Labute approximate surface area is 194 Å². The van der Waals surface area contributed by atoms with Gasteiger partial charge in [-0.3, -0.25) is 4.79 Å². The molecule has 0 unspecified atom stereocenters. The van der Waals surface area contributed by atoms with E-state index in [2.05, 4.69) is 5.10 Å². The van der Waals surface area contributed by atoms with Crippen LogP contribution in [-0.4, -0.2) is 34.9 Å². The number of aromatic nitrogens is 2. The van der Waals surface area contributed by atoms with Gasteiger partial charge in [0.05, 0.1) is 24.5 Å². The van der Waals surface area contributed by atoms with E-state index in [0.29, 0.717) is 22.7 Å². The molecule has 34 heavy (non-hydrogen) atoms. The third-order valence-corrected chi connectivity index (χ3v) is 5.22.